The molecule has 4 nitrogen and oxygen atoms in total. The van der Waals surface area contributed by atoms with Gasteiger partial charge in [-0.1, -0.05) is 18.2 Å². The number of hydrogen-bond donors (Lipinski definition) is 1. The van der Waals surface area contributed by atoms with E-state index in [-0.39, 0.29) is 0 Å². The summed E-state index contributed by atoms with van der Waals surface area (Å²) in [4.78, 5) is 0. The van der Waals surface area contributed by atoms with Crippen LogP contribution in [0.2, 0.25) is 0 Å². The van der Waals surface area contributed by atoms with E-state index in [1.165, 1.54) is 0 Å². The predicted molar refractivity (Wildman–Crippen MR) is 84.3 cm³/mol. The quantitative estimate of drug-likeness (QED) is 0.893. The lowest BCUT2D eigenvalue weighted by atomic mass is 9.99. The number of rotatable bonds is 5. The van der Waals surface area contributed by atoms with Gasteiger partial charge in [0, 0.05) is 11.1 Å². The maximum atomic E-state index is 10.7. The maximum Gasteiger partial charge on any atom is 0.142 e. The Morgan fingerprint density at radius 3 is 2.14 bits per heavy atom. The van der Waals surface area contributed by atoms with Gasteiger partial charge in [-0.25, -0.2) is 0 Å². The van der Waals surface area contributed by atoms with Gasteiger partial charge in [0.25, 0.3) is 0 Å². The third-order valence-corrected chi connectivity index (χ3v) is 4.00. The van der Waals surface area contributed by atoms with Crippen molar-refractivity contribution in [1.29, 1.82) is 0 Å². The molecule has 0 radical (unpaired) electrons. The summed E-state index contributed by atoms with van der Waals surface area (Å²) in [7, 11) is 4.71. The minimum Gasteiger partial charge on any atom is -0.496 e. The maximum absolute atomic E-state index is 10.7. The van der Waals surface area contributed by atoms with Gasteiger partial charge in [0.05, 0.1) is 21.3 Å². The Kier molecular flexibility index (Phi) is 5.09. The predicted octanol–water partition coefficient (Wildman–Crippen LogP) is 3.56. The average molecular weight is 353 g/mol. The standard InChI is InChI=1S/C16H17BrO4/c1-19-12-7-5-4-6-10(12)15(18)11-8-9-13(20-2)14(17)16(11)21-3/h4-9,15,18H,1-3H3. The molecule has 1 N–H and O–H groups in total. The van der Waals surface area contributed by atoms with Gasteiger partial charge in [-0.2, -0.15) is 0 Å². The van der Waals surface area contributed by atoms with E-state index in [2.05, 4.69) is 15.9 Å². The van der Waals surface area contributed by atoms with Crippen molar-refractivity contribution in [1.82, 2.24) is 0 Å². The van der Waals surface area contributed by atoms with Crippen LogP contribution in [0, 0.1) is 0 Å². The Morgan fingerprint density at radius 1 is 0.857 bits per heavy atom. The Morgan fingerprint density at radius 2 is 1.52 bits per heavy atom. The Hall–Kier alpha value is -1.72. The number of methoxy groups -OCH3 is 3. The molecule has 0 aliphatic rings. The highest BCUT2D eigenvalue weighted by Crippen LogP contribution is 2.42. The lowest BCUT2D eigenvalue weighted by Gasteiger charge is -2.19. The van der Waals surface area contributed by atoms with Crippen molar-refractivity contribution in [2.75, 3.05) is 21.3 Å². The second-order valence-corrected chi connectivity index (χ2v) is 5.14. The molecule has 5 heteroatoms. The lowest BCUT2D eigenvalue weighted by Crippen LogP contribution is -2.05. The third kappa shape index (κ3) is 2.99. The van der Waals surface area contributed by atoms with Crippen molar-refractivity contribution in [3.05, 3.63) is 52.0 Å². The zero-order valence-corrected chi connectivity index (χ0v) is 13.7. The minimum absolute atomic E-state index is 0.535. The second-order valence-electron chi connectivity index (χ2n) is 4.35. The molecular formula is C16H17BrO4. The molecule has 1 unspecified atom stereocenters. The fourth-order valence-electron chi connectivity index (χ4n) is 2.19. The number of hydrogen-bond acceptors (Lipinski definition) is 4. The topological polar surface area (TPSA) is 47.9 Å². The normalized spacial score (nSPS) is 11.9. The van der Waals surface area contributed by atoms with E-state index in [0.717, 1.165) is 0 Å². The molecule has 0 aromatic heterocycles. The van der Waals surface area contributed by atoms with Crippen LogP contribution in [-0.4, -0.2) is 26.4 Å². The number of aliphatic hydroxyl groups is 1. The Balaban J connectivity index is 2.53. The highest BCUT2D eigenvalue weighted by Gasteiger charge is 2.22. The smallest absolute Gasteiger partial charge is 0.142 e. The van der Waals surface area contributed by atoms with E-state index in [9.17, 15) is 5.11 Å². The molecule has 0 spiro atoms. The molecule has 0 bridgehead atoms. The molecule has 0 amide bonds. The molecule has 0 aliphatic carbocycles. The molecule has 0 heterocycles. The molecular weight excluding hydrogens is 336 g/mol. The minimum atomic E-state index is -0.863. The molecule has 0 saturated carbocycles. The SMILES string of the molecule is COc1ccccc1C(O)c1ccc(OC)c(Br)c1OC. The summed E-state index contributed by atoms with van der Waals surface area (Å²) in [6.07, 6.45) is -0.863. The van der Waals surface area contributed by atoms with Crippen LogP contribution < -0.4 is 14.2 Å². The van der Waals surface area contributed by atoms with Crippen LogP contribution in [0.15, 0.2) is 40.9 Å². The molecule has 2 aromatic carbocycles. The summed E-state index contributed by atoms with van der Waals surface area (Å²) in [6, 6.07) is 10.9. The Labute approximate surface area is 132 Å². The molecule has 21 heavy (non-hydrogen) atoms. The van der Waals surface area contributed by atoms with Gasteiger partial charge in [0.2, 0.25) is 0 Å². The van der Waals surface area contributed by atoms with E-state index < -0.39 is 6.10 Å². The molecule has 0 saturated heterocycles. The summed E-state index contributed by atoms with van der Waals surface area (Å²) in [5.41, 5.74) is 1.31. The largest absolute Gasteiger partial charge is 0.496 e. The van der Waals surface area contributed by atoms with Crippen LogP contribution in [0.1, 0.15) is 17.2 Å². The summed E-state index contributed by atoms with van der Waals surface area (Å²) in [5, 5.41) is 10.7. The molecule has 112 valence electrons. The van der Waals surface area contributed by atoms with E-state index in [4.69, 9.17) is 14.2 Å². The Bertz CT molecular complexity index is 628. The first-order valence-corrected chi connectivity index (χ1v) is 7.14. The molecule has 2 rings (SSSR count). The summed E-state index contributed by atoms with van der Waals surface area (Å²) < 4.78 is 16.6. The van der Waals surface area contributed by atoms with Crippen LogP contribution in [-0.2, 0) is 0 Å². The number of para-hydroxylation sites is 1. The van der Waals surface area contributed by atoms with Gasteiger partial charge >= 0.3 is 0 Å². The van der Waals surface area contributed by atoms with Gasteiger partial charge in [-0.3, -0.25) is 0 Å². The second kappa shape index (κ2) is 6.83. The highest BCUT2D eigenvalue weighted by molar-refractivity contribution is 9.10. The third-order valence-electron chi connectivity index (χ3n) is 3.24. The molecule has 0 fully saturated rings. The van der Waals surface area contributed by atoms with Crippen LogP contribution in [0.3, 0.4) is 0 Å². The zero-order valence-electron chi connectivity index (χ0n) is 12.1. The van der Waals surface area contributed by atoms with Gasteiger partial charge in [0.15, 0.2) is 0 Å². The van der Waals surface area contributed by atoms with Gasteiger partial charge in [-0.15, -0.1) is 0 Å². The van der Waals surface area contributed by atoms with Crippen LogP contribution in [0.5, 0.6) is 17.2 Å². The van der Waals surface area contributed by atoms with Gasteiger partial charge in [-0.05, 0) is 34.1 Å². The molecule has 0 aliphatic heterocycles. The van der Waals surface area contributed by atoms with E-state index in [1.54, 1.807) is 33.5 Å². The van der Waals surface area contributed by atoms with Gasteiger partial charge < -0.3 is 19.3 Å². The van der Waals surface area contributed by atoms with Crippen molar-refractivity contribution < 1.29 is 19.3 Å². The summed E-state index contributed by atoms with van der Waals surface area (Å²) >= 11 is 3.44. The first kappa shape index (κ1) is 15.7. The number of aliphatic hydroxyl groups excluding tert-OH is 1. The number of ether oxygens (including phenoxy) is 3. The van der Waals surface area contributed by atoms with Crippen LogP contribution in [0.4, 0.5) is 0 Å². The lowest BCUT2D eigenvalue weighted by molar-refractivity contribution is 0.209. The van der Waals surface area contributed by atoms with Crippen molar-refractivity contribution in [2.24, 2.45) is 0 Å². The number of benzene rings is 2. The van der Waals surface area contributed by atoms with Gasteiger partial charge in [0.1, 0.15) is 27.8 Å². The fraction of sp³-hybridized carbons (Fsp3) is 0.250. The first-order chi connectivity index (χ1) is 10.1. The van der Waals surface area contributed by atoms with Crippen LogP contribution in [0.25, 0.3) is 0 Å². The monoisotopic (exact) mass is 352 g/mol. The summed E-state index contributed by atoms with van der Waals surface area (Å²) in [6.45, 7) is 0. The molecule has 2 aromatic rings. The van der Waals surface area contributed by atoms with Crippen molar-refractivity contribution in [3.63, 3.8) is 0 Å². The number of halogens is 1. The van der Waals surface area contributed by atoms with Crippen molar-refractivity contribution >= 4 is 15.9 Å². The first-order valence-electron chi connectivity index (χ1n) is 6.35. The van der Waals surface area contributed by atoms with E-state index in [1.807, 2.05) is 24.3 Å². The zero-order chi connectivity index (χ0) is 15.4. The van der Waals surface area contributed by atoms with Crippen LogP contribution >= 0.6 is 15.9 Å². The highest BCUT2D eigenvalue weighted by atomic mass is 79.9. The van der Waals surface area contributed by atoms with E-state index in [0.29, 0.717) is 32.8 Å². The fourth-order valence-corrected chi connectivity index (χ4v) is 2.88. The van der Waals surface area contributed by atoms with E-state index >= 15 is 0 Å². The summed E-state index contributed by atoms with van der Waals surface area (Å²) in [5.74, 6) is 1.80. The average Bonchev–Trinajstić information content (AvgIpc) is 2.53. The molecule has 1 atom stereocenters. The van der Waals surface area contributed by atoms with Crippen molar-refractivity contribution in [3.8, 4) is 17.2 Å². The van der Waals surface area contributed by atoms with Crippen molar-refractivity contribution in [2.45, 2.75) is 6.10 Å².